The number of hydrogen-bond acceptors (Lipinski definition) is 3. The second kappa shape index (κ2) is 9.24. The molecule has 0 spiro atoms. The molecule has 28 heavy (non-hydrogen) atoms. The van der Waals surface area contributed by atoms with Gasteiger partial charge in [-0.05, 0) is 55.3 Å². The molecule has 0 saturated heterocycles. The molecular weight excluding hydrogens is 368 g/mol. The number of hydrogen-bond donors (Lipinski definition) is 2. The highest BCUT2D eigenvalue weighted by molar-refractivity contribution is 7.99. The maximum Gasteiger partial charge on any atom is 0.326 e. The Morgan fingerprint density at radius 3 is 2.18 bits per heavy atom. The lowest BCUT2D eigenvalue weighted by Crippen LogP contribution is -2.34. The first-order valence-electron chi connectivity index (χ1n) is 9.02. The maximum absolute atomic E-state index is 12.2. The third kappa shape index (κ3) is 5.24. The molecule has 0 radical (unpaired) electrons. The Morgan fingerprint density at radius 1 is 0.857 bits per heavy atom. The van der Waals surface area contributed by atoms with Gasteiger partial charge in [0.1, 0.15) is 0 Å². The predicted octanol–water partition coefficient (Wildman–Crippen LogP) is 5.81. The van der Waals surface area contributed by atoms with Crippen molar-refractivity contribution in [2.45, 2.75) is 24.0 Å². The van der Waals surface area contributed by atoms with Crippen molar-refractivity contribution in [3.05, 3.63) is 95.6 Å². The molecule has 0 aromatic heterocycles. The summed E-state index contributed by atoms with van der Waals surface area (Å²) in [6.07, 6.45) is 0. The van der Waals surface area contributed by atoms with Crippen LogP contribution in [0, 0.1) is 6.92 Å². The Kier molecular flexibility index (Phi) is 6.50. The minimum Gasteiger partial charge on any atom is -0.308 e. The molecule has 3 rings (SSSR count). The van der Waals surface area contributed by atoms with Gasteiger partial charge in [0.2, 0.25) is 0 Å². The highest BCUT2D eigenvalue weighted by atomic mass is 32.2. The van der Waals surface area contributed by atoms with Crippen LogP contribution in [-0.4, -0.2) is 11.9 Å². The van der Waals surface area contributed by atoms with Crippen LogP contribution in [0.1, 0.15) is 33.7 Å². The number of carbonyl (C=O) groups is 2. The lowest BCUT2D eigenvalue weighted by atomic mass is 10.1. The number of benzene rings is 3. The quantitative estimate of drug-likeness (QED) is 0.541. The van der Waals surface area contributed by atoms with Gasteiger partial charge in [0.25, 0.3) is 5.91 Å². The molecule has 0 aliphatic carbocycles. The molecule has 4 nitrogen and oxygen atoms in total. The fourth-order valence-corrected chi connectivity index (χ4v) is 3.77. The molecule has 0 aliphatic rings. The van der Waals surface area contributed by atoms with Crippen LogP contribution < -0.4 is 10.6 Å². The molecule has 3 aromatic carbocycles. The number of anilines is 1. The summed E-state index contributed by atoms with van der Waals surface area (Å²) < 4.78 is 0. The lowest BCUT2D eigenvalue weighted by Gasteiger charge is -2.12. The smallest absolute Gasteiger partial charge is 0.308 e. The van der Waals surface area contributed by atoms with Gasteiger partial charge in [-0.3, -0.25) is 10.1 Å². The SMILES string of the molecule is Cc1ccccc1C(=O)NC(=O)Nc1ccc(SC(C)c2ccccc2)cc1. The van der Waals surface area contributed by atoms with Gasteiger partial charge in [0.05, 0.1) is 0 Å². The van der Waals surface area contributed by atoms with Crippen LogP contribution >= 0.6 is 11.8 Å². The van der Waals surface area contributed by atoms with E-state index < -0.39 is 11.9 Å². The molecule has 0 aliphatic heterocycles. The van der Waals surface area contributed by atoms with E-state index in [1.165, 1.54) is 5.56 Å². The van der Waals surface area contributed by atoms with Crippen molar-refractivity contribution in [3.63, 3.8) is 0 Å². The molecule has 1 unspecified atom stereocenters. The van der Waals surface area contributed by atoms with Crippen molar-refractivity contribution in [1.29, 1.82) is 0 Å². The summed E-state index contributed by atoms with van der Waals surface area (Å²) in [6, 6.07) is 24.5. The van der Waals surface area contributed by atoms with Gasteiger partial charge < -0.3 is 5.32 Å². The number of rotatable bonds is 5. The average molecular weight is 391 g/mol. The van der Waals surface area contributed by atoms with Crippen molar-refractivity contribution < 1.29 is 9.59 Å². The Bertz CT molecular complexity index is 956. The fraction of sp³-hybridized carbons (Fsp3) is 0.130. The predicted molar refractivity (Wildman–Crippen MR) is 115 cm³/mol. The molecule has 3 aromatic rings. The third-order valence-electron chi connectivity index (χ3n) is 4.31. The Hall–Kier alpha value is -3.05. The molecule has 0 bridgehead atoms. The first-order valence-corrected chi connectivity index (χ1v) is 9.90. The lowest BCUT2D eigenvalue weighted by molar-refractivity contribution is 0.0966. The largest absolute Gasteiger partial charge is 0.326 e. The van der Waals surface area contributed by atoms with Crippen LogP contribution in [0.3, 0.4) is 0 Å². The average Bonchev–Trinajstić information content (AvgIpc) is 2.70. The molecule has 142 valence electrons. The van der Waals surface area contributed by atoms with Crippen molar-refractivity contribution in [3.8, 4) is 0 Å². The summed E-state index contributed by atoms with van der Waals surface area (Å²) in [6.45, 7) is 4.00. The van der Waals surface area contributed by atoms with E-state index in [-0.39, 0.29) is 0 Å². The summed E-state index contributed by atoms with van der Waals surface area (Å²) in [5.74, 6) is -0.417. The van der Waals surface area contributed by atoms with Gasteiger partial charge in [-0.1, -0.05) is 48.5 Å². The minimum atomic E-state index is -0.550. The summed E-state index contributed by atoms with van der Waals surface area (Å²) in [5, 5.41) is 5.38. The molecule has 0 heterocycles. The van der Waals surface area contributed by atoms with Crippen LogP contribution in [0.15, 0.2) is 83.8 Å². The minimum absolute atomic E-state index is 0.329. The molecule has 0 saturated carbocycles. The molecule has 1 atom stereocenters. The zero-order valence-corrected chi connectivity index (χ0v) is 16.6. The molecule has 5 heteroatoms. The number of urea groups is 1. The van der Waals surface area contributed by atoms with Crippen molar-refractivity contribution >= 4 is 29.4 Å². The number of imide groups is 1. The number of aryl methyl sites for hydroxylation is 1. The molecule has 3 amide bonds. The van der Waals surface area contributed by atoms with E-state index in [9.17, 15) is 9.59 Å². The van der Waals surface area contributed by atoms with Crippen LogP contribution in [0.25, 0.3) is 0 Å². The van der Waals surface area contributed by atoms with Gasteiger partial charge in [-0.25, -0.2) is 4.79 Å². The third-order valence-corrected chi connectivity index (χ3v) is 5.48. The van der Waals surface area contributed by atoms with E-state index in [2.05, 4.69) is 29.7 Å². The Morgan fingerprint density at radius 2 is 1.50 bits per heavy atom. The van der Waals surface area contributed by atoms with E-state index in [0.29, 0.717) is 16.5 Å². The van der Waals surface area contributed by atoms with Crippen LogP contribution in [0.4, 0.5) is 10.5 Å². The van der Waals surface area contributed by atoms with Crippen LogP contribution in [0.5, 0.6) is 0 Å². The van der Waals surface area contributed by atoms with Gasteiger partial charge in [0.15, 0.2) is 0 Å². The zero-order valence-electron chi connectivity index (χ0n) is 15.8. The number of thioether (sulfide) groups is 1. The Balaban J connectivity index is 1.56. The second-order valence-electron chi connectivity index (χ2n) is 6.42. The Labute approximate surface area is 169 Å². The summed E-state index contributed by atoms with van der Waals surface area (Å²) in [5.41, 5.74) is 3.21. The van der Waals surface area contributed by atoms with Gasteiger partial charge >= 0.3 is 6.03 Å². The number of carbonyl (C=O) groups excluding carboxylic acids is 2. The highest BCUT2D eigenvalue weighted by Gasteiger charge is 2.12. The molecule has 0 fully saturated rings. The monoisotopic (exact) mass is 390 g/mol. The van der Waals surface area contributed by atoms with E-state index >= 15 is 0 Å². The second-order valence-corrected chi connectivity index (χ2v) is 7.83. The van der Waals surface area contributed by atoms with E-state index in [0.717, 1.165) is 10.5 Å². The fourth-order valence-electron chi connectivity index (χ4n) is 2.77. The molecular formula is C23H22N2O2S. The van der Waals surface area contributed by atoms with E-state index in [1.54, 1.807) is 23.9 Å². The van der Waals surface area contributed by atoms with Crippen molar-refractivity contribution in [1.82, 2.24) is 5.32 Å². The summed E-state index contributed by atoms with van der Waals surface area (Å²) >= 11 is 1.75. The summed E-state index contributed by atoms with van der Waals surface area (Å²) in [4.78, 5) is 25.4. The van der Waals surface area contributed by atoms with E-state index in [4.69, 9.17) is 0 Å². The number of amides is 3. The summed E-state index contributed by atoms with van der Waals surface area (Å²) in [7, 11) is 0. The normalized spacial score (nSPS) is 11.5. The standard InChI is InChI=1S/C23H22N2O2S/c1-16-8-6-7-11-21(16)22(26)25-23(27)24-19-12-14-20(15-13-19)28-17(2)18-9-4-3-5-10-18/h3-15,17H,1-2H3,(H2,24,25,26,27). The van der Waals surface area contributed by atoms with E-state index in [1.807, 2.05) is 61.5 Å². The van der Waals surface area contributed by atoms with Gasteiger partial charge in [-0.2, -0.15) is 0 Å². The highest BCUT2D eigenvalue weighted by Crippen LogP contribution is 2.34. The van der Waals surface area contributed by atoms with Crippen LogP contribution in [0.2, 0.25) is 0 Å². The maximum atomic E-state index is 12.2. The number of nitrogens with one attached hydrogen (secondary N) is 2. The van der Waals surface area contributed by atoms with Crippen molar-refractivity contribution in [2.75, 3.05) is 5.32 Å². The first-order chi connectivity index (χ1) is 13.5. The van der Waals surface area contributed by atoms with Crippen LogP contribution in [-0.2, 0) is 0 Å². The first kappa shape index (κ1) is 19.7. The zero-order chi connectivity index (χ0) is 19.9. The topological polar surface area (TPSA) is 58.2 Å². The van der Waals surface area contributed by atoms with Gasteiger partial charge in [-0.15, -0.1) is 11.8 Å². The van der Waals surface area contributed by atoms with Crippen molar-refractivity contribution in [2.24, 2.45) is 0 Å². The molecule has 2 N–H and O–H groups in total. The van der Waals surface area contributed by atoms with Gasteiger partial charge in [0, 0.05) is 21.4 Å².